The first-order chi connectivity index (χ1) is 18.4. The number of benzene rings is 3. The van der Waals surface area contributed by atoms with E-state index in [9.17, 15) is 14.0 Å². The minimum atomic E-state index is -0.402. The number of nitrogens with zero attached hydrogens (tertiary/aromatic N) is 3. The second-order valence-corrected chi connectivity index (χ2v) is 9.93. The molecular weight excluding hydrogens is 477 g/mol. The summed E-state index contributed by atoms with van der Waals surface area (Å²) < 4.78 is 15.6. The van der Waals surface area contributed by atoms with Crippen LogP contribution in [0.3, 0.4) is 0 Å². The molecule has 38 heavy (non-hydrogen) atoms. The molecule has 0 saturated heterocycles. The topological polar surface area (TPSA) is 45.6 Å². The quantitative estimate of drug-likeness (QED) is 0.248. The first kappa shape index (κ1) is 26.9. The Balaban J connectivity index is 1.56. The predicted octanol–water partition coefficient (Wildman–Crippen LogP) is 6.00. The van der Waals surface area contributed by atoms with Gasteiger partial charge in [-0.2, -0.15) is 0 Å². The zero-order valence-corrected chi connectivity index (χ0v) is 22.0. The third-order valence-electron chi connectivity index (χ3n) is 6.33. The highest BCUT2D eigenvalue weighted by atomic mass is 19.1. The average Bonchev–Trinajstić information content (AvgIpc) is 3.35. The molecule has 3 aromatic carbocycles. The number of hydrogen-bond acceptors (Lipinski definition) is 2. The highest BCUT2D eigenvalue weighted by molar-refractivity contribution is 5.96. The van der Waals surface area contributed by atoms with E-state index in [1.807, 2.05) is 80.7 Å². The van der Waals surface area contributed by atoms with E-state index in [1.54, 1.807) is 9.80 Å². The Bertz CT molecular complexity index is 1320. The van der Waals surface area contributed by atoms with E-state index in [4.69, 9.17) is 0 Å². The van der Waals surface area contributed by atoms with Gasteiger partial charge in [-0.15, -0.1) is 0 Å². The van der Waals surface area contributed by atoms with Crippen molar-refractivity contribution < 1.29 is 14.0 Å². The number of carbonyl (C=O) groups is 2. The summed E-state index contributed by atoms with van der Waals surface area (Å²) in [6, 6.07) is 29.6. The number of halogens is 1. The lowest BCUT2D eigenvalue weighted by Crippen LogP contribution is -2.44. The molecule has 4 rings (SSSR count). The van der Waals surface area contributed by atoms with E-state index in [1.165, 1.54) is 29.8 Å². The van der Waals surface area contributed by atoms with Crippen LogP contribution in [0.25, 0.3) is 0 Å². The molecule has 0 N–H and O–H groups in total. The summed E-state index contributed by atoms with van der Waals surface area (Å²) in [5.74, 6) is -0.657. The van der Waals surface area contributed by atoms with Crippen molar-refractivity contribution in [2.75, 3.05) is 13.1 Å². The summed E-state index contributed by atoms with van der Waals surface area (Å²) >= 11 is 0. The second-order valence-electron chi connectivity index (χ2n) is 9.93. The van der Waals surface area contributed by atoms with Crippen molar-refractivity contribution in [3.05, 3.63) is 131 Å². The van der Waals surface area contributed by atoms with E-state index < -0.39 is 5.82 Å². The molecule has 0 fully saturated rings. The van der Waals surface area contributed by atoms with Crippen LogP contribution in [-0.2, 0) is 24.4 Å². The fourth-order valence-corrected chi connectivity index (χ4v) is 4.46. The van der Waals surface area contributed by atoms with Crippen molar-refractivity contribution in [1.82, 2.24) is 14.4 Å². The first-order valence-corrected chi connectivity index (χ1v) is 12.9. The van der Waals surface area contributed by atoms with Gasteiger partial charge in [0.15, 0.2) is 0 Å². The van der Waals surface area contributed by atoms with Gasteiger partial charge in [0.2, 0.25) is 5.91 Å². The van der Waals surface area contributed by atoms with Crippen molar-refractivity contribution in [3.63, 3.8) is 0 Å². The standard InChI is InChI=1S/C32H34FN3O2/c1-25(2)20-36(32(38)28-15-17-29(33)18-16-28)24-31(37)35(22-27-12-7-4-8-13-27)23-30-14-9-19-34(30)21-26-10-5-3-6-11-26/h3-19,25H,20-24H2,1-2H3. The first-order valence-electron chi connectivity index (χ1n) is 12.9. The van der Waals surface area contributed by atoms with Crippen LogP contribution in [0.1, 0.15) is 41.0 Å². The summed E-state index contributed by atoms with van der Waals surface area (Å²) in [4.78, 5) is 30.5. The van der Waals surface area contributed by atoms with Crippen molar-refractivity contribution >= 4 is 11.8 Å². The fourth-order valence-electron chi connectivity index (χ4n) is 4.46. The zero-order chi connectivity index (χ0) is 26.9. The Morgan fingerprint density at radius 3 is 2.03 bits per heavy atom. The summed E-state index contributed by atoms with van der Waals surface area (Å²) in [6.07, 6.45) is 2.02. The van der Waals surface area contributed by atoms with Crippen LogP contribution in [0.4, 0.5) is 4.39 Å². The van der Waals surface area contributed by atoms with Crippen LogP contribution >= 0.6 is 0 Å². The molecule has 196 valence electrons. The van der Waals surface area contributed by atoms with Gasteiger partial charge < -0.3 is 14.4 Å². The Morgan fingerprint density at radius 2 is 1.39 bits per heavy atom. The maximum atomic E-state index is 13.8. The lowest BCUT2D eigenvalue weighted by atomic mass is 10.1. The number of hydrogen-bond donors (Lipinski definition) is 0. The summed E-state index contributed by atoms with van der Waals surface area (Å²) in [5, 5.41) is 0. The molecular formula is C32H34FN3O2. The maximum absolute atomic E-state index is 13.8. The molecule has 0 aliphatic heterocycles. The molecule has 0 bridgehead atoms. The van der Waals surface area contributed by atoms with Crippen LogP contribution < -0.4 is 0 Å². The predicted molar refractivity (Wildman–Crippen MR) is 148 cm³/mol. The SMILES string of the molecule is CC(C)CN(CC(=O)N(Cc1ccccc1)Cc1cccn1Cc1ccccc1)C(=O)c1ccc(F)cc1. The molecule has 0 atom stereocenters. The van der Waals surface area contributed by atoms with E-state index in [-0.39, 0.29) is 24.3 Å². The lowest BCUT2D eigenvalue weighted by molar-refractivity contribution is -0.133. The van der Waals surface area contributed by atoms with E-state index in [2.05, 4.69) is 16.7 Å². The van der Waals surface area contributed by atoms with Gasteiger partial charge in [0.25, 0.3) is 5.91 Å². The van der Waals surface area contributed by atoms with Gasteiger partial charge in [-0.05, 0) is 53.4 Å². The second kappa shape index (κ2) is 12.9. The highest BCUT2D eigenvalue weighted by Gasteiger charge is 2.24. The Morgan fingerprint density at radius 1 is 0.763 bits per heavy atom. The smallest absolute Gasteiger partial charge is 0.254 e. The van der Waals surface area contributed by atoms with Crippen LogP contribution in [-0.4, -0.2) is 39.3 Å². The van der Waals surface area contributed by atoms with Gasteiger partial charge in [0.1, 0.15) is 12.4 Å². The van der Waals surface area contributed by atoms with Crippen molar-refractivity contribution in [2.45, 2.75) is 33.5 Å². The van der Waals surface area contributed by atoms with E-state index in [0.29, 0.717) is 31.7 Å². The van der Waals surface area contributed by atoms with E-state index >= 15 is 0 Å². The van der Waals surface area contributed by atoms with Crippen molar-refractivity contribution in [3.8, 4) is 0 Å². The fraction of sp³-hybridized carbons (Fsp3) is 0.250. The third-order valence-corrected chi connectivity index (χ3v) is 6.33. The van der Waals surface area contributed by atoms with Gasteiger partial charge in [-0.3, -0.25) is 9.59 Å². The minimum Gasteiger partial charge on any atom is -0.345 e. The molecule has 2 amide bonds. The lowest BCUT2D eigenvalue weighted by Gasteiger charge is -2.29. The molecule has 0 spiro atoms. The van der Waals surface area contributed by atoms with Gasteiger partial charge >= 0.3 is 0 Å². The maximum Gasteiger partial charge on any atom is 0.254 e. The van der Waals surface area contributed by atoms with Gasteiger partial charge in [-0.1, -0.05) is 74.5 Å². The van der Waals surface area contributed by atoms with E-state index in [0.717, 1.165) is 11.3 Å². The summed E-state index contributed by atoms with van der Waals surface area (Å²) in [6.45, 7) is 5.93. The molecule has 4 aromatic rings. The number of rotatable bonds is 11. The molecule has 1 aromatic heterocycles. The average molecular weight is 512 g/mol. The molecule has 1 heterocycles. The molecule has 0 unspecified atom stereocenters. The van der Waals surface area contributed by atoms with Gasteiger partial charge in [0, 0.05) is 37.1 Å². The largest absolute Gasteiger partial charge is 0.345 e. The highest BCUT2D eigenvalue weighted by Crippen LogP contribution is 2.16. The molecule has 0 aliphatic carbocycles. The third kappa shape index (κ3) is 7.42. The monoisotopic (exact) mass is 511 g/mol. The Labute approximate surface area is 224 Å². The normalized spacial score (nSPS) is 10.9. The zero-order valence-electron chi connectivity index (χ0n) is 22.0. The number of amides is 2. The van der Waals surface area contributed by atoms with Crippen molar-refractivity contribution in [2.24, 2.45) is 5.92 Å². The van der Waals surface area contributed by atoms with Crippen LogP contribution in [0.15, 0.2) is 103 Å². The summed E-state index contributed by atoms with van der Waals surface area (Å²) in [5.41, 5.74) is 3.57. The van der Waals surface area contributed by atoms with Crippen LogP contribution in [0, 0.1) is 11.7 Å². The molecule has 0 saturated carbocycles. The molecule has 0 aliphatic rings. The molecule has 0 radical (unpaired) electrons. The minimum absolute atomic E-state index is 0.0549. The van der Waals surface area contributed by atoms with Gasteiger partial charge in [0.05, 0.1) is 6.54 Å². The Hall–Kier alpha value is -4.19. The van der Waals surface area contributed by atoms with Gasteiger partial charge in [-0.25, -0.2) is 4.39 Å². The number of carbonyl (C=O) groups excluding carboxylic acids is 2. The molecule has 5 nitrogen and oxygen atoms in total. The Kier molecular flexibility index (Phi) is 9.09. The van der Waals surface area contributed by atoms with Crippen molar-refractivity contribution in [1.29, 1.82) is 0 Å². The van der Waals surface area contributed by atoms with Crippen LogP contribution in [0.2, 0.25) is 0 Å². The summed E-state index contributed by atoms with van der Waals surface area (Å²) in [7, 11) is 0. The van der Waals surface area contributed by atoms with Crippen LogP contribution in [0.5, 0.6) is 0 Å². The molecule has 6 heteroatoms. The number of aromatic nitrogens is 1.